The van der Waals surface area contributed by atoms with E-state index in [-0.39, 0.29) is 12.2 Å². The van der Waals surface area contributed by atoms with E-state index in [1.165, 1.54) is 6.07 Å². The number of aromatic nitrogens is 4. The maximum atomic E-state index is 13.8. The molecule has 0 aliphatic carbocycles. The van der Waals surface area contributed by atoms with Crippen molar-refractivity contribution in [2.45, 2.75) is 26.8 Å². The minimum atomic E-state index is -0.864. The molecule has 7 heteroatoms. The number of rotatable bonds is 5. The van der Waals surface area contributed by atoms with E-state index in [1.54, 1.807) is 12.1 Å². The minimum Gasteiger partial charge on any atom is -0.481 e. The van der Waals surface area contributed by atoms with Crippen molar-refractivity contribution < 1.29 is 14.3 Å². The average molecular weight is 378 g/mol. The van der Waals surface area contributed by atoms with Crippen LogP contribution in [0.3, 0.4) is 0 Å². The smallest absolute Gasteiger partial charge is 0.307 e. The van der Waals surface area contributed by atoms with Crippen LogP contribution in [-0.4, -0.2) is 30.8 Å². The van der Waals surface area contributed by atoms with E-state index < -0.39 is 5.97 Å². The molecule has 0 aliphatic rings. The van der Waals surface area contributed by atoms with E-state index >= 15 is 0 Å². The normalized spacial score (nSPS) is 11.2. The van der Waals surface area contributed by atoms with Crippen molar-refractivity contribution in [2.24, 2.45) is 0 Å². The molecule has 0 amide bonds. The molecule has 4 aromatic rings. The predicted octanol–water partition coefficient (Wildman–Crippen LogP) is 3.86. The number of carboxylic acid groups (broad SMARTS) is 1. The van der Waals surface area contributed by atoms with Crippen LogP contribution in [0.1, 0.15) is 22.5 Å². The molecule has 4 rings (SSSR count). The minimum absolute atomic E-state index is 0.0286. The Morgan fingerprint density at radius 2 is 1.93 bits per heavy atom. The number of para-hydroxylation sites is 1. The summed E-state index contributed by atoms with van der Waals surface area (Å²) in [6, 6.07) is 12.6. The van der Waals surface area contributed by atoms with Gasteiger partial charge < -0.3 is 10.1 Å². The number of aliphatic carboxylic acids is 1. The molecule has 0 radical (unpaired) electrons. The van der Waals surface area contributed by atoms with Gasteiger partial charge >= 0.3 is 5.97 Å². The lowest BCUT2D eigenvalue weighted by Gasteiger charge is -2.06. The summed E-state index contributed by atoms with van der Waals surface area (Å²) in [6.07, 6.45) is -0.0286. The molecule has 0 bridgehead atoms. The van der Waals surface area contributed by atoms with Crippen molar-refractivity contribution in [3.05, 3.63) is 70.8 Å². The summed E-state index contributed by atoms with van der Waals surface area (Å²) in [4.78, 5) is 18.5. The van der Waals surface area contributed by atoms with Crippen molar-refractivity contribution in [3.8, 4) is 11.4 Å². The maximum Gasteiger partial charge on any atom is 0.307 e. The molecule has 0 atom stereocenters. The average Bonchev–Trinajstić information content (AvgIpc) is 3.20. The van der Waals surface area contributed by atoms with Gasteiger partial charge in [0, 0.05) is 16.8 Å². The Hall–Kier alpha value is -3.48. The van der Waals surface area contributed by atoms with Gasteiger partial charge in [-0.1, -0.05) is 30.3 Å². The summed E-state index contributed by atoms with van der Waals surface area (Å²) in [5.74, 6) is -0.600. The first kappa shape index (κ1) is 17.9. The van der Waals surface area contributed by atoms with Crippen molar-refractivity contribution >= 4 is 17.0 Å². The first-order valence-electron chi connectivity index (χ1n) is 8.90. The zero-order chi connectivity index (χ0) is 19.8. The van der Waals surface area contributed by atoms with E-state index in [0.717, 1.165) is 28.1 Å². The zero-order valence-electron chi connectivity index (χ0n) is 15.5. The Kier molecular flexibility index (Phi) is 4.43. The highest BCUT2D eigenvalue weighted by Crippen LogP contribution is 2.23. The van der Waals surface area contributed by atoms with E-state index in [9.17, 15) is 9.18 Å². The molecule has 0 fully saturated rings. The monoisotopic (exact) mass is 378 g/mol. The zero-order valence-corrected chi connectivity index (χ0v) is 15.5. The topological polar surface area (TPSA) is 83.8 Å². The first-order chi connectivity index (χ1) is 13.4. The number of nitrogens with one attached hydrogen (secondary N) is 1. The standard InChI is InChI=1S/C21H19FN4O2/c1-12-16(10-19(27)28)13(2)26(25-12)11-14-6-8-15(9-7-14)21-23-18-5-3-4-17(22)20(18)24-21/h3-9H,10-11H2,1-2H3,(H,23,24)(H,27,28). The van der Waals surface area contributed by atoms with E-state index in [4.69, 9.17) is 5.11 Å². The largest absolute Gasteiger partial charge is 0.481 e. The number of benzene rings is 2. The number of carboxylic acids is 1. The number of hydrogen-bond donors (Lipinski definition) is 2. The SMILES string of the molecule is Cc1nn(Cc2ccc(-c3nc4c(F)cccc4[nH]3)cc2)c(C)c1CC(=O)O. The Morgan fingerprint density at radius 1 is 1.18 bits per heavy atom. The molecule has 2 heterocycles. The molecule has 0 saturated carbocycles. The fraction of sp³-hybridized carbons (Fsp3) is 0.190. The van der Waals surface area contributed by atoms with Gasteiger partial charge in [-0.25, -0.2) is 9.37 Å². The molecular weight excluding hydrogens is 359 g/mol. The summed E-state index contributed by atoms with van der Waals surface area (Å²) in [5, 5.41) is 13.5. The highest BCUT2D eigenvalue weighted by Gasteiger charge is 2.15. The fourth-order valence-electron chi connectivity index (χ4n) is 3.37. The van der Waals surface area contributed by atoms with Gasteiger partial charge in [-0.3, -0.25) is 9.48 Å². The molecule has 0 spiro atoms. The predicted molar refractivity (Wildman–Crippen MR) is 104 cm³/mol. The van der Waals surface area contributed by atoms with E-state index in [1.807, 2.05) is 42.8 Å². The number of imidazole rings is 1. The molecule has 28 heavy (non-hydrogen) atoms. The number of aromatic amines is 1. The third kappa shape index (κ3) is 3.26. The highest BCUT2D eigenvalue weighted by atomic mass is 19.1. The van der Waals surface area contributed by atoms with Crippen LogP contribution in [0.4, 0.5) is 4.39 Å². The van der Waals surface area contributed by atoms with Crippen LogP contribution in [0.25, 0.3) is 22.4 Å². The van der Waals surface area contributed by atoms with E-state index in [2.05, 4.69) is 15.1 Å². The fourth-order valence-corrected chi connectivity index (χ4v) is 3.37. The third-order valence-corrected chi connectivity index (χ3v) is 4.88. The van der Waals surface area contributed by atoms with Gasteiger partial charge in [0.15, 0.2) is 5.82 Å². The van der Waals surface area contributed by atoms with Crippen LogP contribution in [0.2, 0.25) is 0 Å². The second-order valence-electron chi connectivity index (χ2n) is 6.80. The van der Waals surface area contributed by atoms with Crippen LogP contribution >= 0.6 is 0 Å². The van der Waals surface area contributed by atoms with Crippen LogP contribution in [-0.2, 0) is 17.8 Å². The quantitative estimate of drug-likeness (QED) is 0.552. The Balaban J connectivity index is 1.58. The number of hydrogen-bond acceptors (Lipinski definition) is 3. The summed E-state index contributed by atoms with van der Waals surface area (Å²) < 4.78 is 15.7. The Labute approximate surface area is 160 Å². The van der Waals surface area contributed by atoms with Crippen LogP contribution < -0.4 is 0 Å². The van der Waals surface area contributed by atoms with E-state index in [0.29, 0.717) is 23.4 Å². The van der Waals surface area contributed by atoms with Crippen molar-refractivity contribution in [1.29, 1.82) is 0 Å². The van der Waals surface area contributed by atoms with Gasteiger partial charge in [-0.15, -0.1) is 0 Å². The highest BCUT2D eigenvalue weighted by molar-refractivity contribution is 5.79. The molecule has 0 unspecified atom stereocenters. The molecule has 2 aromatic heterocycles. The number of nitrogens with zero attached hydrogens (tertiary/aromatic N) is 3. The lowest BCUT2D eigenvalue weighted by molar-refractivity contribution is -0.136. The third-order valence-electron chi connectivity index (χ3n) is 4.88. The van der Waals surface area contributed by atoms with Crippen LogP contribution in [0.15, 0.2) is 42.5 Å². The van der Waals surface area contributed by atoms with Crippen molar-refractivity contribution in [2.75, 3.05) is 0 Å². The Morgan fingerprint density at radius 3 is 2.61 bits per heavy atom. The molecule has 0 saturated heterocycles. The lowest BCUT2D eigenvalue weighted by atomic mass is 10.1. The molecule has 142 valence electrons. The summed E-state index contributed by atoms with van der Waals surface area (Å²) in [6.45, 7) is 4.25. The maximum absolute atomic E-state index is 13.8. The second-order valence-corrected chi connectivity index (χ2v) is 6.80. The molecule has 6 nitrogen and oxygen atoms in total. The number of fused-ring (bicyclic) bond motifs is 1. The second kappa shape index (κ2) is 6.92. The lowest BCUT2D eigenvalue weighted by Crippen LogP contribution is -2.06. The molecule has 2 aromatic carbocycles. The number of carbonyl (C=O) groups is 1. The number of aryl methyl sites for hydroxylation is 1. The number of H-pyrrole nitrogens is 1. The summed E-state index contributed by atoms with van der Waals surface area (Å²) >= 11 is 0. The molecule has 2 N–H and O–H groups in total. The molecular formula is C21H19FN4O2. The van der Waals surface area contributed by atoms with Gasteiger partial charge in [0.05, 0.1) is 24.2 Å². The van der Waals surface area contributed by atoms with Crippen LogP contribution in [0, 0.1) is 19.7 Å². The summed E-state index contributed by atoms with van der Waals surface area (Å²) in [7, 11) is 0. The van der Waals surface area contributed by atoms with Crippen molar-refractivity contribution in [3.63, 3.8) is 0 Å². The molecule has 0 aliphatic heterocycles. The van der Waals surface area contributed by atoms with Gasteiger partial charge in [-0.2, -0.15) is 5.10 Å². The Bertz CT molecular complexity index is 1180. The van der Waals surface area contributed by atoms with Crippen molar-refractivity contribution in [1.82, 2.24) is 19.7 Å². The van der Waals surface area contributed by atoms with Gasteiger partial charge in [0.25, 0.3) is 0 Å². The number of halogens is 1. The first-order valence-corrected chi connectivity index (χ1v) is 8.90. The van der Waals surface area contributed by atoms with Gasteiger partial charge in [0.2, 0.25) is 0 Å². The van der Waals surface area contributed by atoms with Crippen LogP contribution in [0.5, 0.6) is 0 Å². The van der Waals surface area contributed by atoms with Gasteiger partial charge in [-0.05, 0) is 31.5 Å². The summed E-state index contributed by atoms with van der Waals surface area (Å²) in [5.41, 5.74) is 5.23. The van der Waals surface area contributed by atoms with Gasteiger partial charge in [0.1, 0.15) is 11.3 Å².